The molecule has 0 spiro atoms. The third-order valence-corrected chi connectivity index (χ3v) is 4.39. The van der Waals surface area contributed by atoms with E-state index < -0.39 is 11.1 Å². The highest BCUT2D eigenvalue weighted by atomic mass is 16.2. The molecule has 0 radical (unpaired) electrons. The van der Waals surface area contributed by atoms with E-state index in [-0.39, 0.29) is 0 Å². The number of hydrogen-bond acceptors (Lipinski definition) is 3. The van der Waals surface area contributed by atoms with Gasteiger partial charge in [0, 0.05) is 6.04 Å². The van der Waals surface area contributed by atoms with E-state index in [2.05, 4.69) is 22.2 Å². The standard InChI is InChI=1S/C16H21N3O2/c1-2-17-13(8-10-4-3-5-10)11-6-7-12-14(9-11)19-16(21)15(20)18-12/h6-7,9-10,13,17H,2-5,8H2,1H3,(H,18,20)(H,19,21). The van der Waals surface area contributed by atoms with Gasteiger partial charge in [-0.1, -0.05) is 32.3 Å². The Balaban J connectivity index is 1.94. The molecular weight excluding hydrogens is 266 g/mol. The molecule has 1 unspecified atom stereocenters. The molecule has 1 aliphatic carbocycles. The molecule has 2 aromatic rings. The van der Waals surface area contributed by atoms with Crippen LogP contribution in [-0.2, 0) is 0 Å². The van der Waals surface area contributed by atoms with E-state index in [1.54, 1.807) is 0 Å². The van der Waals surface area contributed by atoms with Gasteiger partial charge in [0.2, 0.25) is 0 Å². The summed E-state index contributed by atoms with van der Waals surface area (Å²) in [6.45, 7) is 3.02. The van der Waals surface area contributed by atoms with Gasteiger partial charge in [-0.2, -0.15) is 0 Å². The van der Waals surface area contributed by atoms with Crippen molar-refractivity contribution >= 4 is 11.0 Å². The molecular formula is C16H21N3O2. The van der Waals surface area contributed by atoms with Crippen LogP contribution >= 0.6 is 0 Å². The van der Waals surface area contributed by atoms with Gasteiger partial charge >= 0.3 is 11.1 Å². The molecule has 5 nitrogen and oxygen atoms in total. The smallest absolute Gasteiger partial charge is 0.314 e. The van der Waals surface area contributed by atoms with Crippen LogP contribution < -0.4 is 16.4 Å². The fraction of sp³-hybridized carbons (Fsp3) is 0.500. The van der Waals surface area contributed by atoms with Crippen LogP contribution in [0.15, 0.2) is 27.8 Å². The molecule has 1 aliphatic rings. The van der Waals surface area contributed by atoms with Crippen molar-refractivity contribution in [2.24, 2.45) is 5.92 Å². The number of hydrogen-bond donors (Lipinski definition) is 3. The van der Waals surface area contributed by atoms with Crippen LogP contribution in [0, 0.1) is 5.92 Å². The van der Waals surface area contributed by atoms with Crippen molar-refractivity contribution in [1.82, 2.24) is 15.3 Å². The lowest BCUT2D eigenvalue weighted by molar-refractivity contribution is 0.262. The van der Waals surface area contributed by atoms with E-state index in [4.69, 9.17) is 0 Å². The summed E-state index contributed by atoms with van der Waals surface area (Å²) in [6.07, 6.45) is 5.11. The monoisotopic (exact) mass is 287 g/mol. The van der Waals surface area contributed by atoms with E-state index in [9.17, 15) is 9.59 Å². The van der Waals surface area contributed by atoms with Gasteiger partial charge in [-0.05, 0) is 36.6 Å². The van der Waals surface area contributed by atoms with E-state index >= 15 is 0 Å². The second-order valence-corrected chi connectivity index (χ2v) is 5.86. The second kappa shape index (κ2) is 5.85. The molecule has 0 amide bonds. The zero-order valence-corrected chi connectivity index (χ0v) is 12.2. The van der Waals surface area contributed by atoms with E-state index in [0.29, 0.717) is 17.1 Å². The first-order valence-corrected chi connectivity index (χ1v) is 7.67. The average Bonchev–Trinajstić information content (AvgIpc) is 2.42. The third kappa shape index (κ3) is 2.93. The largest absolute Gasteiger partial charge is 0.316 e. The fourth-order valence-electron chi connectivity index (χ4n) is 2.99. The molecule has 1 atom stereocenters. The molecule has 112 valence electrons. The van der Waals surface area contributed by atoms with E-state index in [1.807, 2.05) is 18.2 Å². The van der Waals surface area contributed by atoms with Crippen molar-refractivity contribution < 1.29 is 0 Å². The van der Waals surface area contributed by atoms with Gasteiger partial charge in [0.25, 0.3) is 0 Å². The first kappa shape index (κ1) is 14.1. The Hall–Kier alpha value is -1.88. The lowest BCUT2D eigenvalue weighted by Gasteiger charge is -2.30. The zero-order valence-electron chi connectivity index (χ0n) is 12.2. The summed E-state index contributed by atoms with van der Waals surface area (Å²) in [4.78, 5) is 28.0. The summed E-state index contributed by atoms with van der Waals surface area (Å²) in [5.41, 5.74) is 1.32. The predicted octanol–water partition coefficient (Wildman–Crippen LogP) is 2.06. The van der Waals surface area contributed by atoms with Crippen molar-refractivity contribution in [2.45, 2.75) is 38.6 Å². The molecule has 1 fully saturated rings. The third-order valence-electron chi connectivity index (χ3n) is 4.39. The predicted molar refractivity (Wildman–Crippen MR) is 83.6 cm³/mol. The molecule has 0 aliphatic heterocycles. The number of fused-ring (bicyclic) bond motifs is 1. The SMILES string of the molecule is CCNC(CC1CCC1)c1ccc2[nH]c(=O)c(=O)[nH]c2c1. The van der Waals surface area contributed by atoms with Gasteiger partial charge in [-0.15, -0.1) is 0 Å². The first-order valence-electron chi connectivity index (χ1n) is 7.67. The Morgan fingerprint density at radius 2 is 1.90 bits per heavy atom. The second-order valence-electron chi connectivity index (χ2n) is 5.86. The number of rotatable bonds is 5. The molecule has 0 saturated heterocycles. The maximum Gasteiger partial charge on any atom is 0.314 e. The summed E-state index contributed by atoms with van der Waals surface area (Å²) in [5, 5.41) is 3.52. The molecule has 3 rings (SSSR count). The molecule has 1 saturated carbocycles. The zero-order chi connectivity index (χ0) is 14.8. The number of aromatic amines is 2. The van der Waals surface area contributed by atoms with Crippen LogP contribution in [0.5, 0.6) is 0 Å². The van der Waals surface area contributed by atoms with Crippen molar-refractivity contribution in [3.63, 3.8) is 0 Å². The van der Waals surface area contributed by atoms with E-state index in [0.717, 1.165) is 18.9 Å². The topological polar surface area (TPSA) is 77.8 Å². The van der Waals surface area contributed by atoms with Crippen molar-refractivity contribution in [1.29, 1.82) is 0 Å². The summed E-state index contributed by atoms with van der Waals surface area (Å²) in [7, 11) is 0. The highest BCUT2D eigenvalue weighted by molar-refractivity contribution is 5.74. The van der Waals surface area contributed by atoms with Crippen LogP contribution in [0.3, 0.4) is 0 Å². The van der Waals surface area contributed by atoms with Crippen molar-refractivity contribution in [3.8, 4) is 0 Å². The molecule has 0 bridgehead atoms. The lowest BCUT2D eigenvalue weighted by Crippen LogP contribution is -2.29. The summed E-state index contributed by atoms with van der Waals surface area (Å²) in [5.74, 6) is 0.805. The molecule has 5 heteroatoms. The Bertz CT molecular complexity index is 743. The van der Waals surface area contributed by atoms with Gasteiger partial charge in [0.1, 0.15) is 0 Å². The van der Waals surface area contributed by atoms with Crippen molar-refractivity contribution in [2.75, 3.05) is 6.54 Å². The maximum absolute atomic E-state index is 11.5. The van der Waals surface area contributed by atoms with Crippen LogP contribution in [0.25, 0.3) is 11.0 Å². The maximum atomic E-state index is 11.5. The highest BCUT2D eigenvalue weighted by Gasteiger charge is 2.22. The highest BCUT2D eigenvalue weighted by Crippen LogP contribution is 2.35. The minimum atomic E-state index is -0.604. The lowest BCUT2D eigenvalue weighted by atomic mass is 9.79. The molecule has 1 aromatic carbocycles. The number of aromatic nitrogens is 2. The average molecular weight is 287 g/mol. The molecule has 1 aromatic heterocycles. The Morgan fingerprint density at radius 3 is 2.52 bits per heavy atom. The van der Waals surface area contributed by atoms with Crippen LogP contribution in [0.2, 0.25) is 0 Å². The normalized spacial score (nSPS) is 16.8. The summed E-state index contributed by atoms with van der Waals surface area (Å²) < 4.78 is 0. The summed E-state index contributed by atoms with van der Waals surface area (Å²) in [6, 6.07) is 6.18. The van der Waals surface area contributed by atoms with Gasteiger partial charge < -0.3 is 15.3 Å². The van der Waals surface area contributed by atoms with Gasteiger partial charge in [0.05, 0.1) is 11.0 Å². The van der Waals surface area contributed by atoms with Crippen LogP contribution in [0.1, 0.15) is 44.2 Å². The Kier molecular flexibility index (Phi) is 3.92. The Morgan fingerprint density at radius 1 is 1.19 bits per heavy atom. The molecule has 21 heavy (non-hydrogen) atoms. The summed E-state index contributed by atoms with van der Waals surface area (Å²) >= 11 is 0. The molecule has 3 N–H and O–H groups in total. The van der Waals surface area contributed by atoms with Gasteiger partial charge in [-0.3, -0.25) is 9.59 Å². The Labute approximate surface area is 122 Å². The van der Waals surface area contributed by atoms with Gasteiger partial charge in [-0.25, -0.2) is 0 Å². The van der Waals surface area contributed by atoms with Gasteiger partial charge in [0.15, 0.2) is 0 Å². The molecule has 1 heterocycles. The van der Waals surface area contributed by atoms with Crippen LogP contribution in [0.4, 0.5) is 0 Å². The first-order chi connectivity index (χ1) is 10.2. The fourth-order valence-corrected chi connectivity index (χ4v) is 2.99. The quantitative estimate of drug-likeness (QED) is 0.737. The number of nitrogens with one attached hydrogen (secondary N) is 3. The minimum Gasteiger partial charge on any atom is -0.316 e. The number of benzene rings is 1. The van der Waals surface area contributed by atoms with Crippen molar-refractivity contribution in [3.05, 3.63) is 44.5 Å². The van der Waals surface area contributed by atoms with Crippen LogP contribution in [-0.4, -0.2) is 16.5 Å². The number of H-pyrrole nitrogens is 2. The van der Waals surface area contributed by atoms with E-state index in [1.165, 1.54) is 24.8 Å². The minimum absolute atomic E-state index is 0.306.